The second kappa shape index (κ2) is 17.3. The maximum Gasteiger partial charge on any atom is 0.191 e. The smallest absolute Gasteiger partial charge is 0.191 e. The fourth-order valence-electron chi connectivity index (χ4n) is 3.14. The Kier molecular flexibility index (Phi) is 15.5. The molecule has 8 nitrogen and oxygen atoms in total. The molecule has 0 radical (unpaired) electrons. The number of halogens is 1. The van der Waals surface area contributed by atoms with Gasteiger partial charge < -0.3 is 34.7 Å². The number of methoxy groups -OCH3 is 1. The number of rotatable bonds is 13. The maximum absolute atomic E-state index is 8.91. The van der Waals surface area contributed by atoms with E-state index in [1.165, 1.54) is 0 Å². The normalized spacial score (nSPS) is 14.6. The molecule has 31 heavy (non-hydrogen) atoms. The summed E-state index contributed by atoms with van der Waals surface area (Å²) in [7, 11) is 1.60. The average Bonchev–Trinajstić information content (AvgIpc) is 2.79. The van der Waals surface area contributed by atoms with Crippen LogP contribution in [0.5, 0.6) is 11.5 Å². The number of hydrogen-bond acceptors (Lipinski definition) is 6. The van der Waals surface area contributed by atoms with E-state index in [2.05, 4.69) is 15.6 Å². The second-order valence-electron chi connectivity index (χ2n) is 7.16. The van der Waals surface area contributed by atoms with Crippen LogP contribution in [0.4, 0.5) is 0 Å². The summed E-state index contributed by atoms with van der Waals surface area (Å²) in [6, 6.07) is 5.70. The van der Waals surface area contributed by atoms with Crippen molar-refractivity contribution in [3.8, 4) is 11.5 Å². The Balaban J connectivity index is 0.00000480. The van der Waals surface area contributed by atoms with Crippen LogP contribution in [0.15, 0.2) is 23.2 Å². The first-order chi connectivity index (χ1) is 14.8. The number of nitrogens with zero attached hydrogens (tertiary/aromatic N) is 1. The van der Waals surface area contributed by atoms with Crippen LogP contribution in [0.25, 0.3) is 0 Å². The number of ether oxygens (including phenoxy) is 4. The van der Waals surface area contributed by atoms with Crippen LogP contribution in [0.2, 0.25) is 0 Å². The van der Waals surface area contributed by atoms with Gasteiger partial charge in [0.15, 0.2) is 17.5 Å². The van der Waals surface area contributed by atoms with E-state index in [1.807, 2.05) is 25.1 Å². The highest BCUT2D eigenvalue weighted by Gasteiger charge is 2.13. The lowest BCUT2D eigenvalue weighted by atomic mass is 10.0. The van der Waals surface area contributed by atoms with Crippen molar-refractivity contribution < 1.29 is 24.1 Å². The summed E-state index contributed by atoms with van der Waals surface area (Å²) in [5.41, 5.74) is 1.01. The quantitative estimate of drug-likeness (QED) is 0.150. The molecule has 1 heterocycles. The lowest BCUT2D eigenvalue weighted by Gasteiger charge is -2.21. The Bertz CT molecular complexity index is 627. The predicted octanol–water partition coefficient (Wildman–Crippen LogP) is 2.57. The molecule has 0 spiro atoms. The van der Waals surface area contributed by atoms with Gasteiger partial charge >= 0.3 is 0 Å². The number of aliphatic hydroxyl groups excluding tert-OH is 1. The second-order valence-corrected chi connectivity index (χ2v) is 7.16. The first kappa shape index (κ1) is 27.7. The molecule has 1 aliphatic heterocycles. The molecule has 1 saturated heterocycles. The molecule has 2 rings (SSSR count). The van der Waals surface area contributed by atoms with Crippen molar-refractivity contribution in [3.05, 3.63) is 23.8 Å². The fraction of sp³-hybridized carbons (Fsp3) is 0.682. The number of nitrogens with one attached hydrogen (secondary N) is 2. The molecule has 1 aromatic carbocycles. The van der Waals surface area contributed by atoms with Crippen molar-refractivity contribution >= 4 is 29.9 Å². The molecule has 1 fully saturated rings. The number of aliphatic hydroxyl groups is 1. The van der Waals surface area contributed by atoms with Crippen molar-refractivity contribution in [2.45, 2.75) is 32.7 Å². The van der Waals surface area contributed by atoms with Crippen LogP contribution < -0.4 is 20.1 Å². The van der Waals surface area contributed by atoms with Gasteiger partial charge in [0.05, 0.1) is 20.3 Å². The highest BCUT2D eigenvalue weighted by atomic mass is 127. The average molecular weight is 551 g/mol. The van der Waals surface area contributed by atoms with Gasteiger partial charge in [-0.25, -0.2) is 4.99 Å². The largest absolute Gasteiger partial charge is 0.493 e. The molecular weight excluding hydrogens is 513 g/mol. The van der Waals surface area contributed by atoms with Crippen LogP contribution in [-0.2, 0) is 16.0 Å². The fourth-order valence-corrected chi connectivity index (χ4v) is 3.14. The van der Waals surface area contributed by atoms with Crippen LogP contribution in [0.3, 0.4) is 0 Å². The van der Waals surface area contributed by atoms with Crippen molar-refractivity contribution in [3.63, 3.8) is 0 Å². The maximum atomic E-state index is 8.91. The summed E-state index contributed by atoms with van der Waals surface area (Å²) >= 11 is 0. The Labute approximate surface area is 203 Å². The number of benzene rings is 1. The summed E-state index contributed by atoms with van der Waals surface area (Å²) in [5.74, 6) is 2.67. The number of guanidine groups is 1. The third kappa shape index (κ3) is 11.2. The molecule has 1 aliphatic rings. The van der Waals surface area contributed by atoms with Gasteiger partial charge in [-0.05, 0) is 49.8 Å². The molecule has 0 aliphatic carbocycles. The number of hydrogen-bond donors (Lipinski definition) is 3. The molecule has 3 N–H and O–H groups in total. The van der Waals surface area contributed by atoms with Crippen LogP contribution in [0, 0.1) is 5.92 Å². The summed E-state index contributed by atoms with van der Waals surface area (Å²) in [5, 5.41) is 15.5. The highest BCUT2D eigenvalue weighted by molar-refractivity contribution is 14.0. The van der Waals surface area contributed by atoms with Gasteiger partial charge in [0.25, 0.3) is 0 Å². The lowest BCUT2D eigenvalue weighted by molar-refractivity contribution is 0.0203. The molecule has 0 saturated carbocycles. The van der Waals surface area contributed by atoms with Crippen molar-refractivity contribution in [2.24, 2.45) is 10.9 Å². The minimum absolute atomic E-state index is 0. The topological polar surface area (TPSA) is 93.6 Å². The summed E-state index contributed by atoms with van der Waals surface area (Å²) < 4.78 is 22.0. The monoisotopic (exact) mass is 551 g/mol. The van der Waals surface area contributed by atoms with E-state index >= 15 is 0 Å². The molecule has 178 valence electrons. The van der Waals surface area contributed by atoms with E-state index in [1.54, 1.807) is 7.11 Å². The minimum atomic E-state index is -0.0342. The third-order valence-electron chi connectivity index (χ3n) is 4.79. The Morgan fingerprint density at radius 3 is 2.71 bits per heavy atom. The molecule has 0 bridgehead atoms. The molecular formula is C22H38IN3O5. The van der Waals surface area contributed by atoms with Crippen molar-refractivity contribution in [1.82, 2.24) is 10.6 Å². The molecule has 0 atom stereocenters. The summed E-state index contributed by atoms with van der Waals surface area (Å²) in [6.07, 6.45) is 3.14. The lowest BCUT2D eigenvalue weighted by Crippen LogP contribution is -2.38. The van der Waals surface area contributed by atoms with Gasteiger partial charge in [0.1, 0.15) is 6.61 Å². The summed E-state index contributed by atoms with van der Waals surface area (Å²) in [4.78, 5) is 4.65. The van der Waals surface area contributed by atoms with Gasteiger partial charge in [-0.3, -0.25) is 0 Å². The zero-order valence-corrected chi connectivity index (χ0v) is 21.1. The summed E-state index contributed by atoms with van der Waals surface area (Å²) in [6.45, 7) is 7.67. The van der Waals surface area contributed by atoms with E-state index in [-0.39, 0.29) is 37.2 Å². The first-order valence-electron chi connectivity index (χ1n) is 10.8. The zero-order chi connectivity index (χ0) is 21.4. The molecule has 0 amide bonds. The Morgan fingerprint density at radius 1 is 1.19 bits per heavy atom. The van der Waals surface area contributed by atoms with E-state index in [9.17, 15) is 0 Å². The van der Waals surface area contributed by atoms with Gasteiger partial charge in [0, 0.05) is 39.5 Å². The molecule has 0 unspecified atom stereocenters. The standard InChI is InChI=1S/C22H37N3O5.HI/c1-3-23-22(24-9-4-11-29-17-18-7-12-28-13-8-18)25-16-19-5-6-20(30-14-10-26)21(15-19)27-2;/h5-6,15,18,26H,3-4,7-14,16-17H2,1-2H3,(H2,23,24,25);1H. The predicted molar refractivity (Wildman–Crippen MR) is 133 cm³/mol. The molecule has 1 aromatic rings. The van der Waals surface area contributed by atoms with E-state index < -0.39 is 0 Å². The van der Waals surface area contributed by atoms with Gasteiger partial charge in [0.2, 0.25) is 0 Å². The van der Waals surface area contributed by atoms with Crippen molar-refractivity contribution in [2.75, 3.05) is 59.8 Å². The Morgan fingerprint density at radius 2 is 2.00 bits per heavy atom. The van der Waals surface area contributed by atoms with Crippen LogP contribution in [-0.4, -0.2) is 70.9 Å². The van der Waals surface area contributed by atoms with E-state index in [0.29, 0.717) is 24.0 Å². The third-order valence-corrected chi connectivity index (χ3v) is 4.79. The van der Waals surface area contributed by atoms with Crippen molar-refractivity contribution in [1.29, 1.82) is 0 Å². The first-order valence-corrected chi connectivity index (χ1v) is 10.8. The molecule has 0 aromatic heterocycles. The van der Waals surface area contributed by atoms with Crippen LogP contribution >= 0.6 is 24.0 Å². The van der Waals surface area contributed by atoms with Crippen LogP contribution in [0.1, 0.15) is 31.7 Å². The number of aliphatic imine (C=N–C) groups is 1. The van der Waals surface area contributed by atoms with Gasteiger partial charge in [-0.15, -0.1) is 24.0 Å². The van der Waals surface area contributed by atoms with Gasteiger partial charge in [-0.2, -0.15) is 0 Å². The highest BCUT2D eigenvalue weighted by Crippen LogP contribution is 2.28. The Hall–Kier alpha value is -1.30. The van der Waals surface area contributed by atoms with E-state index in [0.717, 1.165) is 70.3 Å². The van der Waals surface area contributed by atoms with E-state index in [4.69, 9.17) is 24.1 Å². The minimum Gasteiger partial charge on any atom is -0.493 e. The zero-order valence-electron chi connectivity index (χ0n) is 18.7. The SMILES string of the molecule is CCNC(=NCc1ccc(OCCO)c(OC)c1)NCCCOCC1CCOCC1.I. The van der Waals surface area contributed by atoms with Gasteiger partial charge in [-0.1, -0.05) is 6.07 Å². The molecule has 9 heteroatoms.